The van der Waals surface area contributed by atoms with Gasteiger partial charge in [0.1, 0.15) is 0 Å². The number of hydrogen-bond donors (Lipinski definition) is 0. The van der Waals surface area contributed by atoms with Gasteiger partial charge in [0.2, 0.25) is 5.91 Å². The minimum absolute atomic E-state index is 0.0162. The van der Waals surface area contributed by atoms with Crippen molar-refractivity contribution in [1.82, 2.24) is 0 Å². The van der Waals surface area contributed by atoms with Gasteiger partial charge in [0.25, 0.3) is 5.69 Å². The Hall–Kier alpha value is -1.91. The van der Waals surface area contributed by atoms with Gasteiger partial charge < -0.3 is 4.90 Å². The lowest BCUT2D eigenvalue weighted by molar-refractivity contribution is -0.384. The summed E-state index contributed by atoms with van der Waals surface area (Å²) in [6, 6.07) is 4.53. The zero-order valence-electron chi connectivity index (χ0n) is 8.43. The molecule has 1 heterocycles. The van der Waals surface area contributed by atoms with Crippen LogP contribution < -0.4 is 4.90 Å². The molecule has 0 aliphatic carbocycles. The first-order valence-corrected chi connectivity index (χ1v) is 4.58. The first-order chi connectivity index (χ1) is 7.02. The highest BCUT2D eigenvalue weighted by Crippen LogP contribution is 2.37. The fourth-order valence-electron chi connectivity index (χ4n) is 1.84. The number of benzene rings is 1. The summed E-state index contributed by atoms with van der Waals surface area (Å²) in [5, 5.41) is 10.6. The topological polar surface area (TPSA) is 63.5 Å². The van der Waals surface area contributed by atoms with E-state index >= 15 is 0 Å². The maximum Gasteiger partial charge on any atom is 0.271 e. The minimum atomic E-state index is -0.457. The molecule has 0 N–H and O–H groups in total. The number of nitro groups is 1. The highest BCUT2D eigenvalue weighted by Gasteiger charge is 2.32. The van der Waals surface area contributed by atoms with Crippen molar-refractivity contribution in [2.45, 2.75) is 12.8 Å². The van der Waals surface area contributed by atoms with E-state index in [2.05, 4.69) is 0 Å². The van der Waals surface area contributed by atoms with Crippen LogP contribution in [0.2, 0.25) is 0 Å². The predicted octanol–water partition coefficient (Wildman–Crippen LogP) is 1.67. The summed E-state index contributed by atoms with van der Waals surface area (Å²) < 4.78 is 0. The minimum Gasteiger partial charge on any atom is -0.314 e. The van der Waals surface area contributed by atoms with Crippen molar-refractivity contribution in [3.63, 3.8) is 0 Å². The largest absolute Gasteiger partial charge is 0.314 e. The molecule has 15 heavy (non-hydrogen) atoms. The lowest BCUT2D eigenvalue weighted by Crippen LogP contribution is -2.22. The average molecular weight is 206 g/mol. The second-order valence-corrected chi connectivity index (χ2v) is 3.62. The van der Waals surface area contributed by atoms with Gasteiger partial charge in [0, 0.05) is 19.2 Å². The molecule has 0 spiro atoms. The average Bonchev–Trinajstić information content (AvgIpc) is 2.44. The molecule has 1 unspecified atom stereocenters. The van der Waals surface area contributed by atoms with Crippen molar-refractivity contribution in [2.24, 2.45) is 0 Å². The van der Waals surface area contributed by atoms with Gasteiger partial charge in [-0.3, -0.25) is 14.9 Å². The van der Waals surface area contributed by atoms with Crippen molar-refractivity contribution in [2.75, 3.05) is 11.9 Å². The molecule has 1 aliphatic heterocycles. The molecule has 1 amide bonds. The number of nitrogens with zero attached hydrogens (tertiary/aromatic N) is 2. The Morgan fingerprint density at radius 3 is 2.73 bits per heavy atom. The monoisotopic (exact) mass is 206 g/mol. The van der Waals surface area contributed by atoms with Crippen molar-refractivity contribution < 1.29 is 9.72 Å². The first-order valence-electron chi connectivity index (χ1n) is 4.58. The summed E-state index contributed by atoms with van der Waals surface area (Å²) in [6.07, 6.45) is 0. The molecule has 5 nitrogen and oxygen atoms in total. The maximum atomic E-state index is 11.6. The molecule has 1 aliphatic rings. The number of fused-ring (bicyclic) bond motifs is 1. The number of anilines is 1. The number of carbonyl (C=O) groups is 1. The van der Waals surface area contributed by atoms with E-state index in [0.29, 0.717) is 5.69 Å². The Morgan fingerprint density at radius 1 is 1.47 bits per heavy atom. The molecule has 0 radical (unpaired) electrons. The fraction of sp³-hybridized carbons (Fsp3) is 0.300. The summed E-state index contributed by atoms with van der Waals surface area (Å²) >= 11 is 0. The molecule has 2 rings (SSSR count). The predicted molar refractivity (Wildman–Crippen MR) is 54.9 cm³/mol. The maximum absolute atomic E-state index is 11.6. The van der Waals surface area contributed by atoms with Crippen LogP contribution in [-0.2, 0) is 4.79 Å². The Morgan fingerprint density at radius 2 is 2.13 bits per heavy atom. The Kier molecular flexibility index (Phi) is 1.96. The Bertz CT molecular complexity index is 456. The van der Waals surface area contributed by atoms with Crippen molar-refractivity contribution >= 4 is 17.3 Å². The van der Waals surface area contributed by atoms with Gasteiger partial charge in [-0.15, -0.1) is 0 Å². The second-order valence-electron chi connectivity index (χ2n) is 3.62. The molecule has 1 atom stereocenters. The van der Waals surface area contributed by atoms with Crippen LogP contribution in [0.3, 0.4) is 0 Å². The van der Waals surface area contributed by atoms with Crippen LogP contribution in [0.25, 0.3) is 0 Å². The van der Waals surface area contributed by atoms with Gasteiger partial charge in [0.05, 0.1) is 16.5 Å². The number of non-ortho nitro benzene ring substituents is 1. The van der Waals surface area contributed by atoms with Crippen LogP contribution in [0, 0.1) is 10.1 Å². The summed E-state index contributed by atoms with van der Waals surface area (Å²) in [6.45, 7) is 1.80. The highest BCUT2D eigenvalue weighted by molar-refractivity contribution is 6.04. The normalized spacial score (nSPS) is 19.2. The zero-order chi connectivity index (χ0) is 11.2. The van der Waals surface area contributed by atoms with Crippen LogP contribution in [0.4, 0.5) is 11.4 Å². The SMILES string of the molecule is CC1C(=O)N(C)c2cc([N+](=O)[O-])ccc21. The van der Waals surface area contributed by atoms with Gasteiger partial charge in [0.15, 0.2) is 0 Å². The quantitative estimate of drug-likeness (QED) is 0.518. The third-order valence-electron chi connectivity index (χ3n) is 2.75. The van der Waals surface area contributed by atoms with E-state index in [0.717, 1.165) is 5.56 Å². The lowest BCUT2D eigenvalue weighted by Gasteiger charge is -2.09. The lowest BCUT2D eigenvalue weighted by atomic mass is 10.0. The molecule has 0 fully saturated rings. The van der Waals surface area contributed by atoms with E-state index in [1.54, 1.807) is 20.0 Å². The molecule has 0 bridgehead atoms. The van der Waals surface area contributed by atoms with Crippen molar-refractivity contribution in [3.8, 4) is 0 Å². The van der Waals surface area contributed by atoms with Gasteiger partial charge in [-0.25, -0.2) is 0 Å². The third-order valence-corrected chi connectivity index (χ3v) is 2.75. The molecule has 0 saturated carbocycles. The molecule has 1 aromatic carbocycles. The standard InChI is InChI=1S/C10H10N2O3/c1-6-8-4-3-7(12(14)15)5-9(8)11(2)10(6)13/h3-6H,1-2H3. The molecule has 5 heteroatoms. The van der Waals surface area contributed by atoms with Crippen LogP contribution in [0.15, 0.2) is 18.2 Å². The van der Waals surface area contributed by atoms with E-state index in [4.69, 9.17) is 0 Å². The van der Waals surface area contributed by atoms with Crippen LogP contribution in [0.5, 0.6) is 0 Å². The number of rotatable bonds is 1. The van der Waals surface area contributed by atoms with Gasteiger partial charge in [-0.2, -0.15) is 0 Å². The van der Waals surface area contributed by atoms with Crippen molar-refractivity contribution in [1.29, 1.82) is 0 Å². The number of amides is 1. The number of likely N-dealkylation sites (N-methyl/N-ethyl adjacent to an activating group) is 1. The van der Waals surface area contributed by atoms with Crippen LogP contribution in [-0.4, -0.2) is 17.9 Å². The van der Waals surface area contributed by atoms with Gasteiger partial charge in [-0.1, -0.05) is 0 Å². The van der Waals surface area contributed by atoms with E-state index in [-0.39, 0.29) is 17.5 Å². The van der Waals surface area contributed by atoms with E-state index in [9.17, 15) is 14.9 Å². The number of nitro benzene ring substituents is 1. The number of carbonyl (C=O) groups excluding carboxylic acids is 1. The third kappa shape index (κ3) is 1.27. The summed E-state index contributed by atoms with van der Waals surface area (Å²) in [5.41, 5.74) is 1.51. The molecule has 0 saturated heterocycles. The molecular weight excluding hydrogens is 196 g/mol. The van der Waals surface area contributed by atoms with E-state index in [1.807, 2.05) is 0 Å². The fourth-order valence-corrected chi connectivity index (χ4v) is 1.84. The van der Waals surface area contributed by atoms with E-state index in [1.165, 1.54) is 17.0 Å². The Balaban J connectivity index is 2.56. The van der Waals surface area contributed by atoms with Gasteiger partial charge in [-0.05, 0) is 18.6 Å². The van der Waals surface area contributed by atoms with Crippen LogP contribution in [0.1, 0.15) is 18.4 Å². The number of hydrogen-bond acceptors (Lipinski definition) is 3. The smallest absolute Gasteiger partial charge is 0.271 e. The summed E-state index contributed by atoms with van der Waals surface area (Å²) in [5.74, 6) is -0.226. The summed E-state index contributed by atoms with van der Waals surface area (Å²) in [4.78, 5) is 23.2. The molecule has 78 valence electrons. The van der Waals surface area contributed by atoms with Crippen molar-refractivity contribution in [3.05, 3.63) is 33.9 Å². The molecule has 0 aromatic heterocycles. The second kappa shape index (κ2) is 3.05. The summed E-state index contributed by atoms with van der Waals surface area (Å²) in [7, 11) is 1.63. The van der Waals surface area contributed by atoms with E-state index < -0.39 is 4.92 Å². The zero-order valence-corrected chi connectivity index (χ0v) is 8.43. The molecule has 1 aromatic rings. The highest BCUT2D eigenvalue weighted by atomic mass is 16.6. The first kappa shape index (κ1) is 9.64. The molecular formula is C10H10N2O3. The van der Waals surface area contributed by atoms with Crippen LogP contribution >= 0.6 is 0 Å². The Labute approximate surface area is 86.5 Å². The van der Waals surface area contributed by atoms with Gasteiger partial charge >= 0.3 is 0 Å².